The second-order valence-corrected chi connectivity index (χ2v) is 13.7. The van der Waals surface area contributed by atoms with Gasteiger partial charge in [-0.15, -0.1) is 0 Å². The summed E-state index contributed by atoms with van der Waals surface area (Å²) in [7, 11) is 0. The number of amides is 2. The van der Waals surface area contributed by atoms with Crippen LogP contribution in [-0.2, 0) is 9.47 Å². The second kappa shape index (κ2) is 12.2. The fraction of sp³-hybridized carbons (Fsp3) is 0.531. The van der Waals surface area contributed by atoms with E-state index in [0.717, 1.165) is 30.5 Å². The number of piperidine rings is 1. The second-order valence-electron chi connectivity index (χ2n) is 13.7. The maximum absolute atomic E-state index is 14.7. The van der Waals surface area contributed by atoms with Gasteiger partial charge in [0, 0.05) is 30.6 Å². The number of likely N-dealkylation sites (tertiary alicyclic amines) is 1. The molecule has 13 heteroatoms. The maximum Gasteiger partial charge on any atom is 0.420 e. The van der Waals surface area contributed by atoms with E-state index in [1.807, 2.05) is 6.07 Å². The Morgan fingerprint density at radius 2 is 1.82 bits per heavy atom. The molecule has 3 heterocycles. The van der Waals surface area contributed by atoms with E-state index in [-0.39, 0.29) is 35.4 Å². The van der Waals surface area contributed by atoms with E-state index in [2.05, 4.69) is 10.4 Å². The van der Waals surface area contributed by atoms with Crippen LogP contribution in [0.5, 0.6) is 0 Å². The molecule has 2 atom stereocenters. The average molecular weight is 622 g/mol. The number of hydrogen-bond donors (Lipinski definition) is 2. The highest BCUT2D eigenvalue weighted by Gasteiger charge is 2.34. The van der Waals surface area contributed by atoms with E-state index >= 15 is 0 Å². The van der Waals surface area contributed by atoms with Crippen molar-refractivity contribution in [1.82, 2.24) is 19.5 Å². The van der Waals surface area contributed by atoms with Gasteiger partial charge in [-0.05, 0) is 84.9 Å². The smallest absolute Gasteiger partial charge is 0.420 e. The first kappa shape index (κ1) is 32.0. The molecule has 12 nitrogen and oxygen atoms in total. The van der Waals surface area contributed by atoms with Crippen LogP contribution in [0.2, 0.25) is 0 Å². The third-order valence-electron chi connectivity index (χ3n) is 7.49. The molecule has 1 saturated carbocycles. The maximum atomic E-state index is 14.7. The van der Waals surface area contributed by atoms with Gasteiger partial charge in [0.05, 0.1) is 36.2 Å². The van der Waals surface area contributed by atoms with Crippen LogP contribution in [0.4, 0.5) is 31.3 Å². The van der Waals surface area contributed by atoms with Crippen molar-refractivity contribution < 1.29 is 28.6 Å². The van der Waals surface area contributed by atoms with Crippen molar-refractivity contribution in [2.75, 3.05) is 29.9 Å². The number of rotatable bonds is 6. The molecule has 2 aromatic heterocycles. The van der Waals surface area contributed by atoms with Crippen molar-refractivity contribution in [1.29, 1.82) is 5.26 Å². The molecule has 0 unspecified atom stereocenters. The standard InChI is InChI=1S/C32H40FN7O5/c1-31(2,3)44-29(42)38-10-9-21(25(41)18-38)16-35-26-14-27(40-28(37-26)24(17-36-40)20-7-8-20)39(30(43)45-32(4,5)6)23-12-19(15-34)11-22(33)13-23/h11-14,17,20-21,25,41H,7-10,16,18H2,1-6H3,(H,35,37)/t21-,25+/m0/s1. The van der Waals surface area contributed by atoms with Crippen LogP contribution in [0.25, 0.3) is 5.65 Å². The fourth-order valence-corrected chi connectivity index (χ4v) is 5.25. The summed E-state index contributed by atoms with van der Waals surface area (Å²) in [6.07, 6.45) is 2.19. The number of fused-ring (bicyclic) bond motifs is 1. The van der Waals surface area contributed by atoms with E-state index < -0.39 is 35.3 Å². The predicted molar refractivity (Wildman–Crippen MR) is 165 cm³/mol. The Balaban J connectivity index is 1.48. The third-order valence-corrected chi connectivity index (χ3v) is 7.49. The molecule has 0 bridgehead atoms. The number of aromatic nitrogens is 3. The van der Waals surface area contributed by atoms with Gasteiger partial charge in [-0.2, -0.15) is 14.9 Å². The number of aliphatic hydroxyl groups is 1. The van der Waals surface area contributed by atoms with Crippen LogP contribution in [0.1, 0.15) is 77.8 Å². The summed E-state index contributed by atoms with van der Waals surface area (Å²) in [5.74, 6) is 0.0467. The number of aliphatic hydroxyl groups excluding tert-OH is 1. The minimum absolute atomic E-state index is 0.0352. The number of β-amino-alcohol motifs (C(OH)–C–C–N with tert-alkyl or cyclic N) is 1. The summed E-state index contributed by atoms with van der Waals surface area (Å²) in [5, 5.41) is 28.3. The number of ether oxygens (including phenoxy) is 2. The average Bonchev–Trinajstić information content (AvgIpc) is 3.68. The lowest BCUT2D eigenvalue weighted by Crippen LogP contribution is -2.49. The number of benzene rings is 1. The summed E-state index contributed by atoms with van der Waals surface area (Å²) in [6.45, 7) is 11.5. The van der Waals surface area contributed by atoms with Crippen LogP contribution < -0.4 is 10.2 Å². The first-order valence-electron chi connectivity index (χ1n) is 15.1. The highest BCUT2D eigenvalue weighted by molar-refractivity contribution is 5.96. The van der Waals surface area contributed by atoms with Crippen LogP contribution in [0.15, 0.2) is 30.5 Å². The number of hydrogen-bond acceptors (Lipinski definition) is 9. The molecular formula is C32H40FN7O5. The van der Waals surface area contributed by atoms with Gasteiger partial charge in [0.15, 0.2) is 5.65 Å². The van der Waals surface area contributed by atoms with Gasteiger partial charge in [-0.3, -0.25) is 0 Å². The van der Waals surface area contributed by atoms with Crippen LogP contribution in [0.3, 0.4) is 0 Å². The van der Waals surface area contributed by atoms with Crippen molar-refractivity contribution in [3.63, 3.8) is 0 Å². The Morgan fingerprint density at radius 3 is 2.44 bits per heavy atom. The number of carbonyl (C=O) groups excluding carboxylic acids is 2. The van der Waals surface area contributed by atoms with Gasteiger partial charge in [0.25, 0.3) is 0 Å². The molecule has 45 heavy (non-hydrogen) atoms. The molecule has 1 aliphatic heterocycles. The zero-order valence-electron chi connectivity index (χ0n) is 26.5. The van der Waals surface area contributed by atoms with Crippen molar-refractivity contribution in [2.24, 2.45) is 5.92 Å². The van der Waals surface area contributed by atoms with Gasteiger partial charge in [0.2, 0.25) is 0 Å². The Labute approximate surface area is 261 Å². The highest BCUT2D eigenvalue weighted by Crippen LogP contribution is 2.43. The summed E-state index contributed by atoms with van der Waals surface area (Å²) in [5.41, 5.74) is 0.0713. The minimum Gasteiger partial charge on any atom is -0.444 e. The minimum atomic E-state index is -0.873. The Bertz CT molecular complexity index is 1630. The fourth-order valence-electron chi connectivity index (χ4n) is 5.25. The molecule has 1 aromatic carbocycles. The molecule has 2 aliphatic rings. The van der Waals surface area contributed by atoms with Gasteiger partial charge in [-0.1, -0.05) is 0 Å². The van der Waals surface area contributed by atoms with E-state index in [0.29, 0.717) is 31.0 Å². The molecule has 2 N–H and O–H groups in total. The molecule has 5 rings (SSSR count). The molecule has 3 aromatic rings. The van der Waals surface area contributed by atoms with Crippen molar-refractivity contribution in [3.05, 3.63) is 47.4 Å². The summed E-state index contributed by atoms with van der Waals surface area (Å²) in [4.78, 5) is 33.8. The van der Waals surface area contributed by atoms with Crippen molar-refractivity contribution >= 4 is 35.2 Å². The van der Waals surface area contributed by atoms with Gasteiger partial charge >= 0.3 is 12.2 Å². The van der Waals surface area contributed by atoms with E-state index in [1.54, 1.807) is 53.8 Å². The lowest BCUT2D eigenvalue weighted by atomic mass is 9.94. The Hall–Kier alpha value is -4.44. The van der Waals surface area contributed by atoms with E-state index in [1.165, 1.54) is 20.4 Å². The number of nitrogens with one attached hydrogen (secondary N) is 1. The summed E-state index contributed by atoms with van der Waals surface area (Å²) < 4.78 is 27.4. The zero-order chi connectivity index (χ0) is 32.7. The number of halogens is 1. The SMILES string of the molecule is CC(C)(C)OC(=O)N1CC[C@@H](CNc2cc(N(C(=O)OC(C)(C)C)c3cc(F)cc(C#N)c3)n3ncc(C4CC4)c3n2)[C@H](O)C1. The number of nitrogens with zero attached hydrogens (tertiary/aromatic N) is 6. The molecule has 1 saturated heterocycles. The Kier molecular flexibility index (Phi) is 8.64. The number of carbonyl (C=O) groups is 2. The normalized spacial score (nSPS) is 18.8. The van der Waals surface area contributed by atoms with Crippen LogP contribution >= 0.6 is 0 Å². The first-order valence-corrected chi connectivity index (χ1v) is 15.1. The summed E-state index contributed by atoms with van der Waals surface area (Å²) in [6, 6.07) is 7.20. The van der Waals surface area contributed by atoms with E-state index in [9.17, 15) is 24.3 Å². The molecule has 2 fully saturated rings. The monoisotopic (exact) mass is 621 g/mol. The van der Waals surface area contributed by atoms with Gasteiger partial charge in [-0.25, -0.2) is 23.9 Å². The lowest BCUT2D eigenvalue weighted by molar-refractivity contribution is -0.0104. The molecule has 0 spiro atoms. The number of anilines is 3. The lowest BCUT2D eigenvalue weighted by Gasteiger charge is -2.36. The van der Waals surface area contributed by atoms with Crippen molar-refractivity contribution in [2.45, 2.75) is 84.0 Å². The number of nitriles is 1. The third kappa shape index (κ3) is 7.62. The van der Waals surface area contributed by atoms with Crippen LogP contribution in [-0.4, -0.2) is 73.7 Å². The Morgan fingerprint density at radius 1 is 1.11 bits per heavy atom. The van der Waals surface area contributed by atoms with Crippen LogP contribution in [0, 0.1) is 23.1 Å². The van der Waals surface area contributed by atoms with E-state index in [4.69, 9.17) is 14.5 Å². The molecule has 2 amide bonds. The molecule has 240 valence electrons. The van der Waals surface area contributed by atoms with Gasteiger partial charge in [0.1, 0.15) is 28.7 Å². The molecular weight excluding hydrogens is 581 g/mol. The molecule has 1 aliphatic carbocycles. The quantitative estimate of drug-likeness (QED) is 0.353. The predicted octanol–water partition coefficient (Wildman–Crippen LogP) is 5.72. The topological polar surface area (TPSA) is 145 Å². The molecule has 0 radical (unpaired) electrons. The zero-order valence-corrected chi connectivity index (χ0v) is 26.5. The first-order chi connectivity index (χ1) is 21.1. The van der Waals surface area contributed by atoms with Crippen molar-refractivity contribution in [3.8, 4) is 6.07 Å². The van der Waals surface area contributed by atoms with Gasteiger partial charge < -0.3 is 24.8 Å². The summed E-state index contributed by atoms with van der Waals surface area (Å²) >= 11 is 0. The highest BCUT2D eigenvalue weighted by atomic mass is 19.1. The largest absolute Gasteiger partial charge is 0.444 e.